The summed E-state index contributed by atoms with van der Waals surface area (Å²) in [5.74, 6) is 0. The Bertz CT molecular complexity index is 951. The quantitative estimate of drug-likeness (QED) is 0.741. The van der Waals surface area contributed by atoms with Crippen molar-refractivity contribution in [3.8, 4) is 0 Å². The maximum Gasteiger partial charge on any atom is 0.326 e. The van der Waals surface area contributed by atoms with Gasteiger partial charge < -0.3 is 5.32 Å². The first kappa shape index (κ1) is 14.6. The molecular weight excluding hydrogens is 300 g/mol. The molecule has 1 aliphatic heterocycles. The first-order valence-electron chi connectivity index (χ1n) is 8.03. The van der Waals surface area contributed by atoms with Crippen molar-refractivity contribution in [1.82, 2.24) is 9.97 Å². The minimum atomic E-state index is -0.115. The second-order valence-electron chi connectivity index (χ2n) is 6.06. The van der Waals surface area contributed by atoms with E-state index in [2.05, 4.69) is 21.4 Å². The zero-order valence-electron chi connectivity index (χ0n) is 13.7. The molecule has 0 radical (unpaired) electrons. The first-order chi connectivity index (χ1) is 11.6. The van der Waals surface area contributed by atoms with Gasteiger partial charge in [-0.05, 0) is 50.1 Å². The lowest BCUT2D eigenvalue weighted by Gasteiger charge is -2.18. The van der Waals surface area contributed by atoms with E-state index in [1.165, 1.54) is 5.56 Å². The number of benzene rings is 2. The lowest BCUT2D eigenvalue weighted by molar-refractivity contribution is 0.257. The van der Waals surface area contributed by atoms with Gasteiger partial charge in [-0.2, -0.15) is 0 Å². The molecule has 5 nitrogen and oxygen atoms in total. The number of nitrogens with zero attached hydrogens (tertiary/aromatic N) is 3. The Morgan fingerprint density at radius 2 is 1.79 bits per heavy atom. The van der Waals surface area contributed by atoms with Gasteiger partial charge in [-0.1, -0.05) is 18.2 Å². The van der Waals surface area contributed by atoms with Crippen LogP contribution in [0.3, 0.4) is 0 Å². The van der Waals surface area contributed by atoms with Crippen molar-refractivity contribution in [3.05, 3.63) is 59.4 Å². The summed E-state index contributed by atoms with van der Waals surface area (Å²) in [4.78, 5) is 23.5. The molecule has 120 valence electrons. The highest BCUT2D eigenvalue weighted by Gasteiger charge is 2.24. The van der Waals surface area contributed by atoms with Crippen LogP contribution < -0.4 is 10.2 Å². The second kappa shape index (κ2) is 5.60. The molecule has 5 heteroatoms. The summed E-state index contributed by atoms with van der Waals surface area (Å²) in [6.45, 7) is 4.59. The summed E-state index contributed by atoms with van der Waals surface area (Å²) >= 11 is 0. The number of carbonyl (C=O) groups excluding carboxylic acids is 1. The van der Waals surface area contributed by atoms with E-state index in [0.717, 1.165) is 40.2 Å². The van der Waals surface area contributed by atoms with Crippen LogP contribution in [0.2, 0.25) is 0 Å². The third-order valence-electron chi connectivity index (χ3n) is 4.46. The third kappa shape index (κ3) is 2.48. The van der Waals surface area contributed by atoms with Gasteiger partial charge in [0, 0.05) is 17.9 Å². The van der Waals surface area contributed by atoms with E-state index < -0.39 is 0 Å². The molecule has 2 heterocycles. The minimum Gasteiger partial charge on any atom is -0.307 e. The highest BCUT2D eigenvalue weighted by atomic mass is 16.2. The molecule has 0 fully saturated rings. The summed E-state index contributed by atoms with van der Waals surface area (Å²) in [7, 11) is 0. The third-order valence-corrected chi connectivity index (χ3v) is 4.46. The molecule has 0 atom stereocenters. The predicted octanol–water partition coefficient (Wildman–Crippen LogP) is 3.84. The van der Waals surface area contributed by atoms with E-state index in [0.29, 0.717) is 6.54 Å². The number of fused-ring (bicyclic) bond motifs is 2. The molecule has 0 aliphatic carbocycles. The van der Waals surface area contributed by atoms with Crippen molar-refractivity contribution >= 4 is 28.4 Å². The van der Waals surface area contributed by atoms with Crippen LogP contribution in [0.4, 0.5) is 16.2 Å². The number of hydrogen-bond donors (Lipinski definition) is 1. The molecule has 24 heavy (non-hydrogen) atoms. The minimum absolute atomic E-state index is 0.115. The summed E-state index contributed by atoms with van der Waals surface area (Å²) in [5.41, 5.74) is 6.38. The van der Waals surface area contributed by atoms with Crippen molar-refractivity contribution in [1.29, 1.82) is 0 Å². The smallest absolute Gasteiger partial charge is 0.307 e. The van der Waals surface area contributed by atoms with E-state index in [1.807, 2.05) is 50.2 Å². The molecule has 1 aliphatic rings. The number of nitrogens with one attached hydrogen (secondary N) is 1. The first-order valence-corrected chi connectivity index (χ1v) is 8.03. The number of anilines is 2. The lowest BCUT2D eigenvalue weighted by atomic mass is 10.2. The van der Waals surface area contributed by atoms with Crippen LogP contribution in [-0.4, -0.2) is 22.5 Å². The van der Waals surface area contributed by atoms with Gasteiger partial charge in [-0.3, -0.25) is 4.90 Å². The van der Waals surface area contributed by atoms with Crippen LogP contribution in [-0.2, 0) is 6.42 Å². The van der Waals surface area contributed by atoms with Gasteiger partial charge in [-0.15, -0.1) is 0 Å². The standard InChI is InChI=1S/C19H18N4O/c1-12-13(2)21-17-11-15(7-8-16(17)20-12)22-19(24)23-10-9-14-5-3-4-6-18(14)23/h3-8,11H,9-10H2,1-2H3,(H,22,24). The van der Waals surface area contributed by atoms with Gasteiger partial charge in [0.15, 0.2) is 0 Å². The fourth-order valence-corrected chi connectivity index (χ4v) is 3.05. The van der Waals surface area contributed by atoms with E-state index in [9.17, 15) is 4.79 Å². The topological polar surface area (TPSA) is 58.1 Å². The van der Waals surface area contributed by atoms with E-state index in [-0.39, 0.29) is 6.03 Å². The average Bonchev–Trinajstić information content (AvgIpc) is 3.00. The molecule has 0 saturated carbocycles. The molecule has 1 N–H and O–H groups in total. The molecule has 0 saturated heterocycles. The van der Waals surface area contributed by atoms with E-state index in [4.69, 9.17) is 0 Å². The van der Waals surface area contributed by atoms with Crippen LogP contribution >= 0.6 is 0 Å². The molecule has 2 amide bonds. The molecule has 0 unspecified atom stereocenters. The van der Waals surface area contributed by atoms with E-state index >= 15 is 0 Å². The molecule has 1 aromatic heterocycles. The second-order valence-corrected chi connectivity index (χ2v) is 6.06. The van der Waals surface area contributed by atoms with Crippen molar-refractivity contribution in [2.75, 3.05) is 16.8 Å². The van der Waals surface area contributed by atoms with Crippen LogP contribution in [0.25, 0.3) is 11.0 Å². The molecule has 2 aromatic carbocycles. The van der Waals surface area contributed by atoms with Crippen LogP contribution in [0, 0.1) is 13.8 Å². The number of urea groups is 1. The normalized spacial score (nSPS) is 13.2. The zero-order chi connectivity index (χ0) is 16.7. The highest BCUT2D eigenvalue weighted by molar-refractivity contribution is 6.03. The number of aromatic nitrogens is 2. The average molecular weight is 318 g/mol. The zero-order valence-corrected chi connectivity index (χ0v) is 13.7. The fourth-order valence-electron chi connectivity index (χ4n) is 3.05. The Hall–Kier alpha value is -2.95. The Kier molecular flexibility index (Phi) is 3.41. The van der Waals surface area contributed by atoms with Gasteiger partial charge in [0.1, 0.15) is 0 Å². The summed E-state index contributed by atoms with van der Waals surface area (Å²) in [6, 6.07) is 13.5. The Morgan fingerprint density at radius 1 is 1.04 bits per heavy atom. The number of aryl methyl sites for hydroxylation is 2. The van der Waals surface area contributed by atoms with Crippen molar-refractivity contribution in [2.24, 2.45) is 0 Å². The number of rotatable bonds is 1. The van der Waals surface area contributed by atoms with Gasteiger partial charge >= 0.3 is 6.03 Å². The van der Waals surface area contributed by atoms with E-state index in [1.54, 1.807) is 4.90 Å². The van der Waals surface area contributed by atoms with Gasteiger partial charge in [0.2, 0.25) is 0 Å². The Balaban J connectivity index is 1.60. The largest absolute Gasteiger partial charge is 0.326 e. The van der Waals surface area contributed by atoms with Crippen molar-refractivity contribution in [3.63, 3.8) is 0 Å². The van der Waals surface area contributed by atoms with Crippen molar-refractivity contribution in [2.45, 2.75) is 20.3 Å². The Morgan fingerprint density at radius 3 is 2.62 bits per heavy atom. The molecule has 3 aromatic rings. The summed E-state index contributed by atoms with van der Waals surface area (Å²) in [5, 5.41) is 2.97. The summed E-state index contributed by atoms with van der Waals surface area (Å²) < 4.78 is 0. The van der Waals surface area contributed by atoms with Crippen LogP contribution in [0.5, 0.6) is 0 Å². The maximum absolute atomic E-state index is 12.6. The van der Waals surface area contributed by atoms with Crippen molar-refractivity contribution < 1.29 is 4.79 Å². The molecule has 4 rings (SSSR count). The molecular formula is C19H18N4O. The fraction of sp³-hybridized carbons (Fsp3) is 0.211. The van der Waals surface area contributed by atoms with Gasteiger partial charge in [-0.25, -0.2) is 14.8 Å². The highest BCUT2D eigenvalue weighted by Crippen LogP contribution is 2.28. The number of para-hydroxylation sites is 1. The summed E-state index contributed by atoms with van der Waals surface area (Å²) in [6.07, 6.45) is 0.894. The number of hydrogen-bond acceptors (Lipinski definition) is 3. The van der Waals surface area contributed by atoms with Crippen LogP contribution in [0.1, 0.15) is 17.0 Å². The number of carbonyl (C=O) groups is 1. The number of amides is 2. The Labute approximate surface area is 140 Å². The predicted molar refractivity (Wildman–Crippen MR) is 95.5 cm³/mol. The SMILES string of the molecule is Cc1nc2ccc(NC(=O)N3CCc4ccccc43)cc2nc1C. The monoisotopic (exact) mass is 318 g/mol. The molecule has 0 spiro atoms. The van der Waals surface area contributed by atoms with Gasteiger partial charge in [0.25, 0.3) is 0 Å². The lowest BCUT2D eigenvalue weighted by Crippen LogP contribution is -2.33. The van der Waals surface area contributed by atoms with Gasteiger partial charge in [0.05, 0.1) is 22.4 Å². The van der Waals surface area contributed by atoms with Crippen LogP contribution in [0.15, 0.2) is 42.5 Å². The maximum atomic E-state index is 12.6. The molecule has 0 bridgehead atoms.